The van der Waals surface area contributed by atoms with Gasteiger partial charge in [-0.15, -0.1) is 0 Å². The normalized spacial score (nSPS) is 11.0. The number of hydrogen-bond donors (Lipinski definition) is 0. The van der Waals surface area contributed by atoms with E-state index in [1.807, 2.05) is 6.07 Å². The van der Waals surface area contributed by atoms with Crippen LogP contribution in [0.3, 0.4) is 0 Å². The Bertz CT molecular complexity index is 835. The van der Waals surface area contributed by atoms with Gasteiger partial charge in [-0.3, -0.25) is 0 Å². The third-order valence-corrected chi connectivity index (χ3v) is 3.77. The third kappa shape index (κ3) is 1.70. The molecule has 4 aromatic rings. The average molecular weight is 253 g/mol. The molecule has 0 aliphatic rings. The molecule has 0 fully saturated rings. The van der Waals surface area contributed by atoms with Crippen LogP contribution in [-0.2, 0) is 0 Å². The molecule has 0 aliphatic heterocycles. The van der Waals surface area contributed by atoms with E-state index in [1.54, 1.807) is 0 Å². The van der Waals surface area contributed by atoms with E-state index in [2.05, 4.69) is 78.9 Å². The van der Waals surface area contributed by atoms with Crippen molar-refractivity contribution in [2.75, 3.05) is 0 Å². The Balaban J connectivity index is 2.24. The van der Waals surface area contributed by atoms with Crippen molar-refractivity contribution in [2.24, 2.45) is 0 Å². The summed E-state index contributed by atoms with van der Waals surface area (Å²) in [4.78, 5) is 0. The number of rotatable bonds is 1. The lowest BCUT2D eigenvalue weighted by molar-refractivity contribution is 1.67. The first-order valence-electron chi connectivity index (χ1n) is 6.80. The summed E-state index contributed by atoms with van der Waals surface area (Å²) in [6, 6.07) is 30.8. The van der Waals surface area contributed by atoms with Gasteiger partial charge in [0.05, 0.1) is 0 Å². The molecule has 0 heteroatoms. The SMILES string of the molecule is [c]1ccc2cc3ccccc3c(-c3ccccc3)c2c1. The zero-order valence-electron chi connectivity index (χ0n) is 11.0. The second kappa shape index (κ2) is 4.50. The molecule has 0 unspecified atom stereocenters. The van der Waals surface area contributed by atoms with Crippen LogP contribution >= 0.6 is 0 Å². The monoisotopic (exact) mass is 253 g/mol. The maximum atomic E-state index is 3.21. The molecule has 0 spiro atoms. The number of fused-ring (bicyclic) bond motifs is 2. The first kappa shape index (κ1) is 11.2. The highest BCUT2D eigenvalue weighted by Gasteiger charge is 2.08. The molecular formula is C20H13. The minimum absolute atomic E-state index is 1.26. The zero-order valence-corrected chi connectivity index (χ0v) is 11.0. The fraction of sp³-hybridized carbons (Fsp3) is 0. The first-order valence-corrected chi connectivity index (χ1v) is 6.80. The van der Waals surface area contributed by atoms with E-state index < -0.39 is 0 Å². The molecule has 0 nitrogen and oxygen atoms in total. The minimum Gasteiger partial charge on any atom is -0.0622 e. The van der Waals surface area contributed by atoms with E-state index in [9.17, 15) is 0 Å². The molecule has 0 saturated carbocycles. The molecule has 4 rings (SSSR count). The van der Waals surface area contributed by atoms with Gasteiger partial charge in [0.2, 0.25) is 0 Å². The number of benzene rings is 4. The Kier molecular flexibility index (Phi) is 2.53. The average Bonchev–Trinajstić information content (AvgIpc) is 2.53. The Labute approximate surface area is 118 Å². The van der Waals surface area contributed by atoms with Gasteiger partial charge in [-0.2, -0.15) is 0 Å². The second-order valence-electron chi connectivity index (χ2n) is 4.99. The largest absolute Gasteiger partial charge is 0.0622 e. The van der Waals surface area contributed by atoms with Crippen LogP contribution in [0.25, 0.3) is 32.7 Å². The highest BCUT2D eigenvalue weighted by molar-refractivity contribution is 6.12. The van der Waals surface area contributed by atoms with Gasteiger partial charge in [-0.25, -0.2) is 0 Å². The van der Waals surface area contributed by atoms with Crippen LogP contribution in [0.4, 0.5) is 0 Å². The standard InChI is InChI=1S/C20H13/c1-2-8-15(9-3-1)20-18-12-6-4-10-16(18)14-17-11-5-7-13-19(17)20/h1-6,8-14H. The topological polar surface area (TPSA) is 0 Å². The van der Waals surface area contributed by atoms with Crippen LogP contribution in [0.2, 0.25) is 0 Å². The van der Waals surface area contributed by atoms with Crippen molar-refractivity contribution < 1.29 is 0 Å². The van der Waals surface area contributed by atoms with Crippen molar-refractivity contribution >= 4 is 21.5 Å². The summed E-state index contributed by atoms with van der Waals surface area (Å²) in [6.07, 6.45) is 0. The summed E-state index contributed by atoms with van der Waals surface area (Å²) in [5.41, 5.74) is 2.56. The van der Waals surface area contributed by atoms with Gasteiger partial charge in [-0.1, -0.05) is 66.7 Å². The van der Waals surface area contributed by atoms with E-state index in [1.165, 1.54) is 32.7 Å². The molecule has 0 amide bonds. The molecule has 20 heavy (non-hydrogen) atoms. The van der Waals surface area contributed by atoms with Crippen LogP contribution in [0, 0.1) is 6.07 Å². The summed E-state index contributed by atoms with van der Waals surface area (Å²) in [7, 11) is 0. The van der Waals surface area contributed by atoms with Crippen LogP contribution in [0.15, 0.2) is 78.9 Å². The Morgan fingerprint density at radius 3 is 2.30 bits per heavy atom. The second-order valence-corrected chi connectivity index (χ2v) is 4.99. The van der Waals surface area contributed by atoms with Crippen molar-refractivity contribution in [3.05, 3.63) is 84.9 Å². The van der Waals surface area contributed by atoms with Gasteiger partial charge in [0.15, 0.2) is 0 Å². The molecule has 0 saturated heterocycles. The lowest BCUT2D eigenvalue weighted by atomic mass is 9.92. The molecule has 0 aliphatic carbocycles. The molecule has 93 valence electrons. The van der Waals surface area contributed by atoms with Gasteiger partial charge in [0.25, 0.3) is 0 Å². The van der Waals surface area contributed by atoms with E-state index in [0.29, 0.717) is 0 Å². The van der Waals surface area contributed by atoms with Crippen molar-refractivity contribution in [1.29, 1.82) is 0 Å². The van der Waals surface area contributed by atoms with Crippen molar-refractivity contribution in [3.63, 3.8) is 0 Å². The first-order chi connectivity index (χ1) is 9.93. The maximum Gasteiger partial charge on any atom is -0.00266 e. The predicted octanol–water partition coefficient (Wildman–Crippen LogP) is 5.46. The van der Waals surface area contributed by atoms with E-state index in [-0.39, 0.29) is 0 Å². The summed E-state index contributed by atoms with van der Waals surface area (Å²) < 4.78 is 0. The molecule has 0 atom stereocenters. The summed E-state index contributed by atoms with van der Waals surface area (Å²) in [5, 5.41) is 5.11. The zero-order chi connectivity index (χ0) is 13.4. The minimum atomic E-state index is 1.26. The van der Waals surface area contributed by atoms with Gasteiger partial charge < -0.3 is 0 Å². The molecule has 0 bridgehead atoms. The van der Waals surface area contributed by atoms with Crippen LogP contribution < -0.4 is 0 Å². The van der Waals surface area contributed by atoms with Gasteiger partial charge in [0.1, 0.15) is 0 Å². The van der Waals surface area contributed by atoms with E-state index in [0.717, 1.165) is 0 Å². The fourth-order valence-corrected chi connectivity index (χ4v) is 2.86. The van der Waals surface area contributed by atoms with Crippen molar-refractivity contribution in [2.45, 2.75) is 0 Å². The Hall–Kier alpha value is -2.60. The molecule has 0 N–H and O–H groups in total. The molecule has 0 heterocycles. The summed E-state index contributed by atoms with van der Waals surface area (Å²) in [6.45, 7) is 0. The molecule has 0 aromatic heterocycles. The summed E-state index contributed by atoms with van der Waals surface area (Å²) in [5.74, 6) is 0. The molecule has 1 radical (unpaired) electrons. The predicted molar refractivity (Wildman–Crippen MR) is 85.7 cm³/mol. The van der Waals surface area contributed by atoms with Crippen LogP contribution in [0.5, 0.6) is 0 Å². The maximum absolute atomic E-state index is 3.21. The fourth-order valence-electron chi connectivity index (χ4n) is 2.86. The lowest BCUT2D eigenvalue weighted by Gasteiger charge is -2.11. The third-order valence-electron chi connectivity index (χ3n) is 3.77. The van der Waals surface area contributed by atoms with E-state index in [4.69, 9.17) is 0 Å². The van der Waals surface area contributed by atoms with Gasteiger partial charge >= 0.3 is 0 Å². The quantitative estimate of drug-likeness (QED) is 0.395. The Morgan fingerprint density at radius 2 is 1.40 bits per heavy atom. The van der Waals surface area contributed by atoms with Gasteiger partial charge in [-0.05, 0) is 50.9 Å². The molecular weight excluding hydrogens is 240 g/mol. The lowest BCUT2D eigenvalue weighted by Crippen LogP contribution is -1.85. The van der Waals surface area contributed by atoms with E-state index >= 15 is 0 Å². The van der Waals surface area contributed by atoms with Crippen molar-refractivity contribution in [1.82, 2.24) is 0 Å². The summed E-state index contributed by atoms with van der Waals surface area (Å²) >= 11 is 0. The Morgan fingerprint density at radius 1 is 0.650 bits per heavy atom. The smallest absolute Gasteiger partial charge is 0.00266 e. The highest BCUT2D eigenvalue weighted by atomic mass is 14.1. The van der Waals surface area contributed by atoms with Crippen LogP contribution in [0.1, 0.15) is 0 Å². The van der Waals surface area contributed by atoms with Crippen LogP contribution in [-0.4, -0.2) is 0 Å². The molecule has 4 aromatic carbocycles. The highest BCUT2D eigenvalue weighted by Crippen LogP contribution is 2.35. The van der Waals surface area contributed by atoms with Crippen molar-refractivity contribution in [3.8, 4) is 11.1 Å². The number of hydrogen-bond acceptors (Lipinski definition) is 0. The van der Waals surface area contributed by atoms with Gasteiger partial charge in [0, 0.05) is 0 Å².